The molecular weight excluding hydrogens is 418 g/mol. The summed E-state index contributed by atoms with van der Waals surface area (Å²) >= 11 is 0. The number of fused-ring (bicyclic) bond motifs is 1. The van der Waals surface area contributed by atoms with E-state index in [1.165, 1.54) is 11.3 Å². The number of aromatic nitrogens is 1. The molecule has 2 aromatic rings. The van der Waals surface area contributed by atoms with Gasteiger partial charge in [-0.05, 0) is 56.0 Å². The average Bonchev–Trinajstić information content (AvgIpc) is 2.79. The van der Waals surface area contributed by atoms with E-state index in [9.17, 15) is 14.4 Å². The third-order valence-electron chi connectivity index (χ3n) is 6.34. The number of anilines is 2. The molecule has 2 heterocycles. The van der Waals surface area contributed by atoms with E-state index in [2.05, 4.69) is 15.6 Å². The van der Waals surface area contributed by atoms with Crippen molar-refractivity contribution in [3.05, 3.63) is 53.9 Å². The topological polar surface area (TPSA) is 94.6 Å². The number of nitrogens with one attached hydrogen (secondary N) is 2. The highest BCUT2D eigenvalue weighted by Crippen LogP contribution is 2.35. The van der Waals surface area contributed by atoms with Gasteiger partial charge in [-0.15, -0.1) is 0 Å². The van der Waals surface area contributed by atoms with Crippen molar-refractivity contribution in [3.63, 3.8) is 0 Å². The number of nitrogens with zero attached hydrogens (tertiary/aromatic N) is 3. The molecule has 1 aliphatic carbocycles. The van der Waals surface area contributed by atoms with E-state index < -0.39 is 0 Å². The number of carbonyl (C=O) groups excluding carboxylic acids is 3. The van der Waals surface area contributed by atoms with Gasteiger partial charge in [-0.3, -0.25) is 24.3 Å². The van der Waals surface area contributed by atoms with E-state index in [1.54, 1.807) is 35.5 Å². The number of carbonyl (C=O) groups is 3. The summed E-state index contributed by atoms with van der Waals surface area (Å²) in [5.74, 6) is -0.509. The lowest BCUT2D eigenvalue weighted by atomic mass is 9.93. The van der Waals surface area contributed by atoms with E-state index in [1.807, 2.05) is 26.0 Å². The normalized spacial score (nSPS) is 16.7. The second kappa shape index (κ2) is 10.1. The van der Waals surface area contributed by atoms with Crippen LogP contribution in [0.3, 0.4) is 0 Å². The van der Waals surface area contributed by atoms with Gasteiger partial charge in [-0.25, -0.2) is 0 Å². The number of rotatable bonds is 8. The van der Waals surface area contributed by atoms with Crippen LogP contribution in [-0.2, 0) is 9.59 Å². The Morgan fingerprint density at radius 3 is 2.70 bits per heavy atom. The smallest absolute Gasteiger partial charge is 0.251 e. The van der Waals surface area contributed by atoms with Crippen molar-refractivity contribution in [2.24, 2.45) is 0 Å². The van der Waals surface area contributed by atoms with Crippen molar-refractivity contribution in [2.45, 2.75) is 51.6 Å². The number of hydrogen-bond acceptors (Lipinski definition) is 5. The average molecular weight is 450 g/mol. The summed E-state index contributed by atoms with van der Waals surface area (Å²) in [5, 5.41) is 6.27. The van der Waals surface area contributed by atoms with E-state index >= 15 is 0 Å². The molecule has 0 spiro atoms. The summed E-state index contributed by atoms with van der Waals surface area (Å²) in [4.78, 5) is 46.2. The molecule has 0 saturated heterocycles. The summed E-state index contributed by atoms with van der Waals surface area (Å²) in [7, 11) is 0. The zero-order valence-electron chi connectivity index (χ0n) is 19.2. The van der Waals surface area contributed by atoms with E-state index in [-0.39, 0.29) is 36.9 Å². The summed E-state index contributed by atoms with van der Waals surface area (Å²) in [6.45, 7) is 4.64. The number of pyridine rings is 1. The maximum Gasteiger partial charge on any atom is 0.251 e. The van der Waals surface area contributed by atoms with Crippen molar-refractivity contribution in [1.29, 1.82) is 0 Å². The van der Waals surface area contributed by atoms with Crippen LogP contribution < -0.4 is 20.4 Å². The Morgan fingerprint density at radius 1 is 1.21 bits per heavy atom. The number of hydrogen-bond donors (Lipinski definition) is 2. The van der Waals surface area contributed by atoms with E-state index in [4.69, 9.17) is 0 Å². The highest BCUT2D eigenvalue weighted by Gasteiger charge is 2.33. The van der Waals surface area contributed by atoms with Gasteiger partial charge in [-0.2, -0.15) is 0 Å². The molecule has 8 heteroatoms. The molecule has 1 unspecified atom stereocenters. The first-order valence-electron chi connectivity index (χ1n) is 11.7. The first kappa shape index (κ1) is 22.9. The molecule has 0 radical (unpaired) electrons. The van der Waals surface area contributed by atoms with Gasteiger partial charge >= 0.3 is 0 Å². The van der Waals surface area contributed by atoms with Crippen LogP contribution in [0.1, 0.15) is 61.5 Å². The van der Waals surface area contributed by atoms with Crippen LogP contribution in [0.25, 0.3) is 0 Å². The summed E-state index contributed by atoms with van der Waals surface area (Å²) < 4.78 is 0. The van der Waals surface area contributed by atoms with Gasteiger partial charge in [0.15, 0.2) is 0 Å². The van der Waals surface area contributed by atoms with Crippen molar-refractivity contribution in [1.82, 2.24) is 15.6 Å². The minimum absolute atomic E-state index is 0.0185. The molecule has 1 fully saturated rings. The predicted molar refractivity (Wildman–Crippen MR) is 127 cm³/mol. The van der Waals surface area contributed by atoms with Crippen LogP contribution in [0, 0.1) is 0 Å². The van der Waals surface area contributed by atoms with Gasteiger partial charge in [-0.1, -0.05) is 19.4 Å². The standard InChI is InChI=1S/C25H31N5O3/c1-3-12-29-21-10-9-18(25(33)28-17(2)19-6-5-11-26-14-19)13-22(21)30(16-24(29)32)23(31)15-27-20-7-4-8-20/h5-6,9-11,13-14,17,20,27H,3-4,7-8,12,15-16H2,1-2H3,(H,28,33). The Labute approximate surface area is 194 Å². The Hall–Kier alpha value is -3.26. The molecule has 8 nitrogen and oxygen atoms in total. The fourth-order valence-electron chi connectivity index (χ4n) is 4.18. The van der Waals surface area contributed by atoms with Crippen LogP contribution in [0.5, 0.6) is 0 Å². The molecular formula is C25H31N5O3. The van der Waals surface area contributed by atoms with Crippen molar-refractivity contribution in [2.75, 3.05) is 29.4 Å². The Morgan fingerprint density at radius 2 is 2.03 bits per heavy atom. The molecule has 174 valence electrons. The largest absolute Gasteiger partial charge is 0.345 e. The Balaban J connectivity index is 1.57. The van der Waals surface area contributed by atoms with Crippen molar-refractivity contribution < 1.29 is 14.4 Å². The van der Waals surface area contributed by atoms with Crippen LogP contribution in [0.15, 0.2) is 42.7 Å². The molecule has 1 aromatic carbocycles. The third kappa shape index (κ3) is 5.06. The van der Waals surface area contributed by atoms with Crippen LogP contribution in [-0.4, -0.2) is 48.4 Å². The summed E-state index contributed by atoms with van der Waals surface area (Å²) in [5.41, 5.74) is 2.62. The monoisotopic (exact) mass is 449 g/mol. The summed E-state index contributed by atoms with van der Waals surface area (Å²) in [6, 6.07) is 9.09. The third-order valence-corrected chi connectivity index (χ3v) is 6.34. The molecule has 1 saturated carbocycles. The van der Waals surface area contributed by atoms with Gasteiger partial charge < -0.3 is 15.5 Å². The SMILES string of the molecule is CCCN1C(=O)CN(C(=O)CNC2CCC2)c2cc(C(=O)NC(C)c3cccnc3)ccc21. The minimum atomic E-state index is -0.243. The van der Waals surface area contributed by atoms with E-state index in [0.717, 1.165) is 24.8 Å². The van der Waals surface area contributed by atoms with Gasteiger partial charge in [0.05, 0.1) is 24.0 Å². The fourth-order valence-corrected chi connectivity index (χ4v) is 4.18. The fraction of sp³-hybridized carbons (Fsp3) is 0.440. The lowest BCUT2D eigenvalue weighted by Gasteiger charge is -2.37. The second-order valence-electron chi connectivity index (χ2n) is 8.72. The van der Waals surface area contributed by atoms with Crippen LogP contribution >= 0.6 is 0 Å². The summed E-state index contributed by atoms with van der Waals surface area (Å²) in [6.07, 6.45) is 7.54. The molecule has 0 bridgehead atoms. The lowest BCUT2D eigenvalue weighted by molar-refractivity contribution is -0.122. The maximum atomic E-state index is 13.0. The van der Waals surface area contributed by atoms with Gasteiger partial charge in [0.1, 0.15) is 6.54 Å². The second-order valence-corrected chi connectivity index (χ2v) is 8.72. The molecule has 2 aliphatic rings. The quantitative estimate of drug-likeness (QED) is 0.646. The van der Waals surface area contributed by atoms with Gasteiger partial charge in [0.25, 0.3) is 5.91 Å². The first-order valence-corrected chi connectivity index (χ1v) is 11.7. The highest BCUT2D eigenvalue weighted by atomic mass is 16.2. The van der Waals surface area contributed by atoms with Gasteiger partial charge in [0, 0.05) is 30.5 Å². The molecule has 2 N–H and O–H groups in total. The Kier molecular flexibility index (Phi) is 7.03. The maximum absolute atomic E-state index is 13.0. The number of benzene rings is 1. The number of amides is 3. The predicted octanol–water partition coefficient (Wildman–Crippen LogP) is 2.80. The zero-order chi connectivity index (χ0) is 23.4. The minimum Gasteiger partial charge on any atom is -0.345 e. The first-order chi connectivity index (χ1) is 16.0. The van der Waals surface area contributed by atoms with Gasteiger partial charge in [0.2, 0.25) is 11.8 Å². The van der Waals surface area contributed by atoms with Crippen molar-refractivity contribution in [3.8, 4) is 0 Å². The molecule has 1 aromatic heterocycles. The lowest BCUT2D eigenvalue weighted by Crippen LogP contribution is -2.51. The van der Waals surface area contributed by atoms with E-state index in [0.29, 0.717) is 29.5 Å². The zero-order valence-corrected chi connectivity index (χ0v) is 19.2. The van der Waals surface area contributed by atoms with Crippen molar-refractivity contribution >= 4 is 29.1 Å². The molecule has 33 heavy (non-hydrogen) atoms. The molecule has 4 rings (SSSR count). The Bertz CT molecular complexity index is 1020. The molecule has 1 atom stereocenters. The van der Waals surface area contributed by atoms with Crippen LogP contribution in [0.2, 0.25) is 0 Å². The van der Waals surface area contributed by atoms with Crippen LogP contribution in [0.4, 0.5) is 11.4 Å². The molecule has 3 amide bonds. The molecule has 1 aliphatic heterocycles. The highest BCUT2D eigenvalue weighted by molar-refractivity contribution is 6.12.